The lowest BCUT2D eigenvalue weighted by Gasteiger charge is -2.16. The number of benzene rings is 1. The number of nitrogens with zero attached hydrogens (tertiary/aromatic N) is 2. The van der Waals surface area contributed by atoms with Gasteiger partial charge in [-0.05, 0) is 35.7 Å². The Kier molecular flexibility index (Phi) is 5.26. The van der Waals surface area contributed by atoms with Gasteiger partial charge in [-0.1, -0.05) is 12.1 Å². The number of halogens is 1. The van der Waals surface area contributed by atoms with Crippen LogP contribution < -0.4 is 5.56 Å². The van der Waals surface area contributed by atoms with Crippen LogP contribution >= 0.6 is 11.3 Å². The molecule has 3 aromatic heterocycles. The number of amides is 1. The zero-order valence-corrected chi connectivity index (χ0v) is 16.5. The Hall–Kier alpha value is -3.26. The first-order valence-corrected chi connectivity index (χ1v) is 9.93. The number of aromatic amines is 1. The fourth-order valence-corrected chi connectivity index (χ4v) is 3.77. The fourth-order valence-electron chi connectivity index (χ4n) is 3.05. The standard InChI is InChI=1S/C21H18FN3O3S/c1-25(12-18-23-16-10-11-29-20(16)21(27)24-18)19(26)9-7-13-6-8-17(28-13)14-4-2-3-5-15(14)22/h2-6,8,10-11H,7,9,12H2,1H3,(H,23,24,27). The lowest BCUT2D eigenvalue weighted by molar-refractivity contribution is -0.130. The minimum atomic E-state index is -0.353. The average molecular weight is 411 g/mol. The van der Waals surface area contributed by atoms with Crippen LogP contribution in [0.2, 0.25) is 0 Å². The third kappa shape index (κ3) is 4.12. The summed E-state index contributed by atoms with van der Waals surface area (Å²) in [5, 5.41) is 1.81. The van der Waals surface area contributed by atoms with Crippen LogP contribution in [-0.2, 0) is 17.8 Å². The lowest BCUT2D eigenvalue weighted by atomic mass is 10.1. The van der Waals surface area contributed by atoms with Crippen LogP contribution in [0.25, 0.3) is 21.5 Å². The van der Waals surface area contributed by atoms with Gasteiger partial charge in [0.25, 0.3) is 5.56 Å². The Morgan fingerprint density at radius 1 is 1.24 bits per heavy atom. The van der Waals surface area contributed by atoms with Crippen molar-refractivity contribution in [3.63, 3.8) is 0 Å². The van der Waals surface area contributed by atoms with E-state index in [4.69, 9.17) is 4.42 Å². The van der Waals surface area contributed by atoms with Gasteiger partial charge in [0.1, 0.15) is 27.9 Å². The molecule has 4 rings (SSSR count). The number of carbonyl (C=O) groups is 1. The van der Waals surface area contributed by atoms with E-state index in [0.717, 1.165) is 0 Å². The van der Waals surface area contributed by atoms with E-state index >= 15 is 0 Å². The van der Waals surface area contributed by atoms with Crippen LogP contribution in [0, 0.1) is 5.82 Å². The molecule has 0 saturated heterocycles. The van der Waals surface area contributed by atoms with Gasteiger partial charge in [-0.2, -0.15) is 0 Å². The predicted molar refractivity (Wildman–Crippen MR) is 109 cm³/mol. The molecule has 29 heavy (non-hydrogen) atoms. The van der Waals surface area contributed by atoms with Crippen molar-refractivity contribution in [1.82, 2.24) is 14.9 Å². The molecule has 0 radical (unpaired) electrons. The van der Waals surface area contributed by atoms with E-state index in [9.17, 15) is 14.0 Å². The lowest BCUT2D eigenvalue weighted by Crippen LogP contribution is -2.28. The van der Waals surface area contributed by atoms with E-state index in [1.807, 2.05) is 5.38 Å². The Morgan fingerprint density at radius 3 is 2.90 bits per heavy atom. The monoisotopic (exact) mass is 411 g/mol. The van der Waals surface area contributed by atoms with Crippen molar-refractivity contribution < 1.29 is 13.6 Å². The highest BCUT2D eigenvalue weighted by molar-refractivity contribution is 7.17. The number of hydrogen-bond acceptors (Lipinski definition) is 5. The molecule has 6 nitrogen and oxygen atoms in total. The molecule has 8 heteroatoms. The van der Waals surface area contributed by atoms with Crippen LogP contribution in [0.1, 0.15) is 18.0 Å². The van der Waals surface area contributed by atoms with Crippen molar-refractivity contribution in [2.45, 2.75) is 19.4 Å². The minimum absolute atomic E-state index is 0.109. The second-order valence-corrected chi connectivity index (χ2v) is 7.56. The molecule has 0 aliphatic carbocycles. The van der Waals surface area contributed by atoms with Crippen LogP contribution in [0.15, 0.2) is 57.1 Å². The third-order valence-electron chi connectivity index (χ3n) is 4.56. The zero-order valence-electron chi connectivity index (χ0n) is 15.6. The summed E-state index contributed by atoms with van der Waals surface area (Å²) in [5.41, 5.74) is 0.823. The largest absolute Gasteiger partial charge is 0.461 e. The Labute approximate surface area is 169 Å². The highest BCUT2D eigenvalue weighted by Crippen LogP contribution is 2.25. The maximum atomic E-state index is 13.9. The molecule has 1 amide bonds. The summed E-state index contributed by atoms with van der Waals surface area (Å²) < 4.78 is 20.1. The van der Waals surface area contributed by atoms with Crippen LogP contribution in [0.5, 0.6) is 0 Å². The van der Waals surface area contributed by atoms with Crippen molar-refractivity contribution in [3.05, 3.63) is 75.6 Å². The number of rotatable bonds is 6. The van der Waals surface area contributed by atoms with E-state index in [2.05, 4.69) is 9.97 Å². The Bertz CT molecular complexity index is 1230. The number of furan rings is 1. The van der Waals surface area contributed by atoms with E-state index in [0.29, 0.717) is 39.5 Å². The number of H-pyrrole nitrogens is 1. The summed E-state index contributed by atoms with van der Waals surface area (Å²) in [4.78, 5) is 33.1. The molecular weight excluding hydrogens is 393 g/mol. The second-order valence-electron chi connectivity index (χ2n) is 6.64. The van der Waals surface area contributed by atoms with Gasteiger partial charge in [-0.15, -0.1) is 11.3 Å². The number of aryl methyl sites for hydroxylation is 1. The first-order valence-electron chi connectivity index (χ1n) is 9.05. The van der Waals surface area contributed by atoms with Gasteiger partial charge in [0, 0.05) is 19.9 Å². The molecule has 0 saturated carbocycles. The molecule has 1 aromatic carbocycles. The molecular formula is C21H18FN3O3S. The van der Waals surface area contributed by atoms with Gasteiger partial charge < -0.3 is 14.3 Å². The van der Waals surface area contributed by atoms with E-state index < -0.39 is 0 Å². The van der Waals surface area contributed by atoms with Crippen LogP contribution in [-0.4, -0.2) is 27.8 Å². The normalized spacial score (nSPS) is 11.1. The molecule has 0 spiro atoms. The number of nitrogens with one attached hydrogen (secondary N) is 1. The summed E-state index contributed by atoms with van der Waals surface area (Å²) >= 11 is 1.33. The number of fused-ring (bicyclic) bond motifs is 1. The van der Waals surface area contributed by atoms with Gasteiger partial charge >= 0.3 is 0 Å². The van der Waals surface area contributed by atoms with Crippen molar-refractivity contribution in [1.29, 1.82) is 0 Å². The highest BCUT2D eigenvalue weighted by atomic mass is 32.1. The van der Waals surface area contributed by atoms with E-state index in [1.54, 1.807) is 43.4 Å². The molecule has 3 heterocycles. The van der Waals surface area contributed by atoms with Crippen molar-refractivity contribution in [3.8, 4) is 11.3 Å². The van der Waals surface area contributed by atoms with Gasteiger partial charge in [0.15, 0.2) is 0 Å². The molecule has 0 aliphatic rings. The quantitative estimate of drug-likeness (QED) is 0.521. The molecule has 0 unspecified atom stereocenters. The number of thiophene rings is 1. The maximum absolute atomic E-state index is 13.9. The summed E-state index contributed by atoms with van der Waals surface area (Å²) in [5.74, 6) is 1.02. The molecule has 0 fully saturated rings. The Morgan fingerprint density at radius 2 is 2.07 bits per heavy atom. The van der Waals surface area contributed by atoms with E-state index in [1.165, 1.54) is 22.3 Å². The van der Waals surface area contributed by atoms with Gasteiger partial charge in [-0.25, -0.2) is 9.37 Å². The minimum Gasteiger partial charge on any atom is -0.461 e. The van der Waals surface area contributed by atoms with Crippen molar-refractivity contribution >= 4 is 27.5 Å². The molecule has 0 bridgehead atoms. The zero-order chi connectivity index (χ0) is 20.4. The van der Waals surface area contributed by atoms with Crippen molar-refractivity contribution in [2.75, 3.05) is 7.05 Å². The molecule has 4 aromatic rings. The van der Waals surface area contributed by atoms with Crippen molar-refractivity contribution in [2.24, 2.45) is 0 Å². The predicted octanol–water partition coefficient (Wildman–Crippen LogP) is 3.97. The average Bonchev–Trinajstić information content (AvgIpc) is 3.36. The number of aromatic nitrogens is 2. The summed E-state index contributed by atoms with van der Waals surface area (Å²) in [6, 6.07) is 11.6. The van der Waals surface area contributed by atoms with Gasteiger partial charge in [-0.3, -0.25) is 9.59 Å². The number of hydrogen-bond donors (Lipinski definition) is 1. The SMILES string of the molecule is CN(Cc1nc2ccsc2c(=O)[nH]1)C(=O)CCc1ccc(-c2ccccc2F)o1. The maximum Gasteiger partial charge on any atom is 0.268 e. The topological polar surface area (TPSA) is 79.2 Å². The number of carbonyl (C=O) groups excluding carboxylic acids is 1. The Balaban J connectivity index is 1.38. The molecule has 148 valence electrons. The molecule has 0 atom stereocenters. The highest BCUT2D eigenvalue weighted by Gasteiger charge is 2.14. The first-order chi connectivity index (χ1) is 14.0. The van der Waals surface area contributed by atoms with E-state index in [-0.39, 0.29) is 30.2 Å². The van der Waals surface area contributed by atoms with Gasteiger partial charge in [0.05, 0.1) is 17.6 Å². The second kappa shape index (κ2) is 8.00. The summed E-state index contributed by atoms with van der Waals surface area (Å²) in [6.45, 7) is 0.207. The summed E-state index contributed by atoms with van der Waals surface area (Å²) in [6.07, 6.45) is 0.622. The third-order valence-corrected chi connectivity index (χ3v) is 5.47. The molecule has 1 N–H and O–H groups in total. The smallest absolute Gasteiger partial charge is 0.268 e. The van der Waals surface area contributed by atoms with Crippen LogP contribution in [0.4, 0.5) is 4.39 Å². The van der Waals surface area contributed by atoms with Gasteiger partial charge in [0.2, 0.25) is 5.91 Å². The molecule has 0 aliphatic heterocycles. The first kappa shape index (κ1) is 19.1. The van der Waals surface area contributed by atoms with Crippen LogP contribution in [0.3, 0.4) is 0 Å². The summed E-state index contributed by atoms with van der Waals surface area (Å²) in [7, 11) is 1.66. The fraction of sp³-hybridized carbons (Fsp3) is 0.190.